The zero-order valence-corrected chi connectivity index (χ0v) is 25.1. The van der Waals surface area contributed by atoms with Crippen molar-refractivity contribution in [1.29, 1.82) is 0 Å². The molecule has 9 heteroatoms. The SMILES string of the molecule is COc1cc([C@H]2C(=C(O)c3ccc4c(c3)C[C@H](C)O4)C(=O)C(=O)N2CCCN2CCOCC2)ccc1OCCC(C)C. The van der Waals surface area contributed by atoms with Gasteiger partial charge in [0, 0.05) is 38.2 Å². The van der Waals surface area contributed by atoms with Gasteiger partial charge in [-0.25, -0.2) is 0 Å². The number of hydrogen-bond acceptors (Lipinski definition) is 8. The summed E-state index contributed by atoms with van der Waals surface area (Å²) in [6.45, 7) is 11.1. The number of nitrogens with zero attached hydrogens (tertiary/aromatic N) is 2. The van der Waals surface area contributed by atoms with E-state index in [0.717, 1.165) is 37.4 Å². The maximum atomic E-state index is 13.6. The lowest BCUT2D eigenvalue weighted by Crippen LogP contribution is -2.39. The van der Waals surface area contributed by atoms with Gasteiger partial charge in [0.2, 0.25) is 0 Å². The van der Waals surface area contributed by atoms with Gasteiger partial charge in [-0.2, -0.15) is 0 Å². The molecule has 42 heavy (non-hydrogen) atoms. The molecule has 0 spiro atoms. The molecule has 1 N–H and O–H groups in total. The highest BCUT2D eigenvalue weighted by molar-refractivity contribution is 6.46. The topological polar surface area (TPSA) is 97.8 Å². The van der Waals surface area contributed by atoms with Gasteiger partial charge in [-0.15, -0.1) is 0 Å². The molecule has 0 aliphatic carbocycles. The van der Waals surface area contributed by atoms with Crippen LogP contribution < -0.4 is 14.2 Å². The standard InChI is InChI=1S/C33H42N2O7/c1-21(2)10-15-41-27-9-6-23(20-28(27)39-4)30-29(31(36)24-7-8-26-25(19-24)18-22(3)42-26)32(37)33(38)35(30)12-5-11-34-13-16-40-17-14-34/h6-9,19-22,30,36H,5,10-18H2,1-4H3/t22-,30-/m0/s1. The van der Waals surface area contributed by atoms with Gasteiger partial charge in [0.25, 0.3) is 11.7 Å². The molecular weight excluding hydrogens is 536 g/mol. The van der Waals surface area contributed by atoms with Crippen molar-refractivity contribution in [3.05, 3.63) is 58.7 Å². The quantitative estimate of drug-likeness (QED) is 0.235. The van der Waals surface area contributed by atoms with Crippen LogP contribution in [0.1, 0.15) is 56.3 Å². The lowest BCUT2D eigenvalue weighted by Gasteiger charge is -2.29. The number of aliphatic hydroxyl groups excluding tert-OH is 1. The Hall–Kier alpha value is -3.56. The lowest BCUT2D eigenvalue weighted by molar-refractivity contribution is -0.140. The Morgan fingerprint density at radius 1 is 1.07 bits per heavy atom. The van der Waals surface area contributed by atoms with E-state index < -0.39 is 17.7 Å². The fourth-order valence-corrected chi connectivity index (χ4v) is 5.85. The minimum absolute atomic E-state index is 0.0446. The lowest BCUT2D eigenvalue weighted by atomic mass is 9.94. The third-order valence-corrected chi connectivity index (χ3v) is 8.14. The van der Waals surface area contributed by atoms with Crippen LogP contribution in [0.15, 0.2) is 42.0 Å². The highest BCUT2D eigenvalue weighted by atomic mass is 16.5. The minimum atomic E-state index is -0.767. The number of methoxy groups -OCH3 is 1. The summed E-state index contributed by atoms with van der Waals surface area (Å²) in [6, 6.07) is 10.1. The van der Waals surface area contributed by atoms with Crippen molar-refractivity contribution in [2.45, 2.75) is 52.2 Å². The van der Waals surface area contributed by atoms with Crippen molar-refractivity contribution in [1.82, 2.24) is 9.80 Å². The fraction of sp³-hybridized carbons (Fsp3) is 0.515. The van der Waals surface area contributed by atoms with Crippen molar-refractivity contribution in [3.63, 3.8) is 0 Å². The molecule has 0 aromatic heterocycles. The number of hydrogen-bond donors (Lipinski definition) is 1. The number of morpholine rings is 1. The van der Waals surface area contributed by atoms with Gasteiger partial charge in [0.15, 0.2) is 11.5 Å². The fourth-order valence-electron chi connectivity index (χ4n) is 5.85. The second-order valence-electron chi connectivity index (χ2n) is 11.7. The number of carbonyl (C=O) groups excluding carboxylic acids is 2. The number of ether oxygens (including phenoxy) is 4. The average molecular weight is 579 g/mol. The summed E-state index contributed by atoms with van der Waals surface area (Å²) in [6.07, 6.45) is 2.35. The van der Waals surface area contributed by atoms with E-state index in [9.17, 15) is 14.7 Å². The molecule has 226 valence electrons. The van der Waals surface area contributed by atoms with Gasteiger partial charge >= 0.3 is 0 Å². The Morgan fingerprint density at radius 2 is 1.86 bits per heavy atom. The summed E-state index contributed by atoms with van der Waals surface area (Å²) >= 11 is 0. The number of likely N-dealkylation sites (tertiary alicyclic amines) is 1. The molecule has 3 heterocycles. The molecule has 0 radical (unpaired) electrons. The van der Waals surface area contributed by atoms with E-state index in [1.807, 2.05) is 37.3 Å². The van der Waals surface area contributed by atoms with Crippen LogP contribution in [0.5, 0.6) is 17.2 Å². The first kappa shape index (κ1) is 29.9. The molecule has 0 bridgehead atoms. The second-order valence-corrected chi connectivity index (χ2v) is 11.7. The molecular formula is C33H42N2O7. The predicted octanol–water partition coefficient (Wildman–Crippen LogP) is 4.59. The number of aliphatic hydroxyl groups is 1. The van der Waals surface area contributed by atoms with E-state index >= 15 is 0 Å². The van der Waals surface area contributed by atoms with E-state index in [-0.39, 0.29) is 17.4 Å². The summed E-state index contributed by atoms with van der Waals surface area (Å²) < 4.78 is 22.9. The van der Waals surface area contributed by atoms with E-state index in [0.29, 0.717) is 67.8 Å². The Bertz CT molecular complexity index is 1330. The molecule has 9 nitrogen and oxygen atoms in total. The Kier molecular flexibility index (Phi) is 9.38. The van der Waals surface area contributed by atoms with Gasteiger partial charge in [0.05, 0.1) is 38.5 Å². The molecule has 5 rings (SSSR count). The van der Waals surface area contributed by atoms with Crippen LogP contribution in [-0.2, 0) is 20.7 Å². The third kappa shape index (κ3) is 6.42. The van der Waals surface area contributed by atoms with Crippen LogP contribution in [0, 0.1) is 5.92 Å². The van der Waals surface area contributed by atoms with Gasteiger partial charge in [-0.1, -0.05) is 19.9 Å². The van der Waals surface area contributed by atoms with Crippen LogP contribution in [0.2, 0.25) is 0 Å². The largest absolute Gasteiger partial charge is 0.507 e. The summed E-state index contributed by atoms with van der Waals surface area (Å²) in [7, 11) is 1.57. The molecule has 2 aromatic carbocycles. The normalized spacial score (nSPS) is 22.0. The molecule has 3 aliphatic heterocycles. The minimum Gasteiger partial charge on any atom is -0.507 e. The predicted molar refractivity (Wildman–Crippen MR) is 159 cm³/mol. The first-order chi connectivity index (χ1) is 20.3. The first-order valence-corrected chi connectivity index (χ1v) is 15.0. The highest BCUT2D eigenvalue weighted by Gasteiger charge is 2.46. The molecule has 1 amide bonds. The summed E-state index contributed by atoms with van der Waals surface area (Å²) in [5.74, 6) is 0.895. The van der Waals surface area contributed by atoms with Crippen molar-refractivity contribution >= 4 is 17.4 Å². The zero-order valence-electron chi connectivity index (χ0n) is 25.1. The van der Waals surface area contributed by atoms with Crippen molar-refractivity contribution in [3.8, 4) is 17.2 Å². The van der Waals surface area contributed by atoms with Crippen LogP contribution in [-0.4, -0.2) is 85.8 Å². The number of benzene rings is 2. The number of amides is 1. The van der Waals surface area contributed by atoms with Crippen LogP contribution in [0.25, 0.3) is 5.76 Å². The maximum absolute atomic E-state index is 13.6. The monoisotopic (exact) mass is 578 g/mol. The van der Waals surface area contributed by atoms with Crippen molar-refractivity contribution in [2.24, 2.45) is 5.92 Å². The number of ketones is 1. The van der Waals surface area contributed by atoms with Gasteiger partial charge < -0.3 is 29.0 Å². The number of Topliss-reactive ketones (excluding diaryl/α,β-unsaturated/α-hetero) is 1. The molecule has 2 fully saturated rings. The molecule has 2 saturated heterocycles. The van der Waals surface area contributed by atoms with Crippen LogP contribution >= 0.6 is 0 Å². The molecule has 0 unspecified atom stereocenters. The average Bonchev–Trinajstić information content (AvgIpc) is 3.48. The van der Waals surface area contributed by atoms with E-state index in [2.05, 4.69) is 18.7 Å². The second kappa shape index (κ2) is 13.2. The molecule has 2 atom stereocenters. The van der Waals surface area contributed by atoms with Gasteiger partial charge in [-0.3, -0.25) is 14.5 Å². The summed E-state index contributed by atoms with van der Waals surface area (Å²) in [5.41, 5.74) is 2.21. The highest BCUT2D eigenvalue weighted by Crippen LogP contribution is 2.43. The van der Waals surface area contributed by atoms with E-state index in [1.165, 1.54) is 0 Å². The number of carbonyl (C=O) groups is 2. The molecule has 2 aromatic rings. The first-order valence-electron chi connectivity index (χ1n) is 15.0. The smallest absolute Gasteiger partial charge is 0.295 e. The Morgan fingerprint density at radius 3 is 2.60 bits per heavy atom. The molecule has 0 saturated carbocycles. The van der Waals surface area contributed by atoms with Crippen molar-refractivity contribution in [2.75, 3.05) is 53.1 Å². The van der Waals surface area contributed by atoms with Gasteiger partial charge in [0.1, 0.15) is 17.6 Å². The van der Waals surface area contributed by atoms with Crippen molar-refractivity contribution < 1.29 is 33.6 Å². The van der Waals surface area contributed by atoms with E-state index in [1.54, 1.807) is 18.1 Å². The summed E-state index contributed by atoms with van der Waals surface area (Å²) in [4.78, 5) is 31.0. The molecule has 3 aliphatic rings. The maximum Gasteiger partial charge on any atom is 0.295 e. The van der Waals surface area contributed by atoms with E-state index in [4.69, 9.17) is 18.9 Å². The zero-order chi connectivity index (χ0) is 29.8. The van der Waals surface area contributed by atoms with Gasteiger partial charge in [-0.05, 0) is 67.1 Å². The Labute approximate surface area is 248 Å². The summed E-state index contributed by atoms with van der Waals surface area (Å²) in [5, 5.41) is 11.6. The number of rotatable bonds is 11. The van der Waals surface area contributed by atoms with Crippen LogP contribution in [0.4, 0.5) is 0 Å². The number of fused-ring (bicyclic) bond motifs is 1. The Balaban J connectivity index is 1.49. The third-order valence-electron chi connectivity index (χ3n) is 8.14. The van der Waals surface area contributed by atoms with Crippen LogP contribution in [0.3, 0.4) is 0 Å².